The number of hydrogen-bond acceptors (Lipinski definition) is 4. The lowest BCUT2D eigenvalue weighted by molar-refractivity contribution is 0.0519. The lowest BCUT2D eigenvalue weighted by Crippen LogP contribution is -2.14. The number of pyridine rings is 1. The van der Waals surface area contributed by atoms with Crippen molar-refractivity contribution in [1.29, 1.82) is 0 Å². The van der Waals surface area contributed by atoms with Crippen LogP contribution >= 0.6 is 22.9 Å². The number of carbonyl (C=O) groups excluding carboxylic acids is 1. The van der Waals surface area contributed by atoms with Crippen LogP contribution in [0.15, 0.2) is 16.2 Å². The number of nitrogens with one attached hydrogen (secondary N) is 1. The monoisotopic (exact) mass is 257 g/mol. The molecule has 2 aromatic rings. The van der Waals surface area contributed by atoms with Gasteiger partial charge in [-0.05, 0) is 13.0 Å². The van der Waals surface area contributed by atoms with Crippen molar-refractivity contribution in [1.82, 2.24) is 4.98 Å². The second-order valence-electron chi connectivity index (χ2n) is 3.06. The Labute approximate surface area is 99.8 Å². The highest BCUT2D eigenvalue weighted by molar-refractivity contribution is 7.17. The fourth-order valence-corrected chi connectivity index (χ4v) is 2.58. The minimum Gasteiger partial charge on any atom is -0.461 e. The van der Waals surface area contributed by atoms with E-state index >= 15 is 0 Å². The van der Waals surface area contributed by atoms with Gasteiger partial charge in [0.1, 0.15) is 5.69 Å². The van der Waals surface area contributed by atoms with Crippen molar-refractivity contribution in [2.75, 3.05) is 6.61 Å². The standard InChI is InChI=1S/C10H8ClNO3S/c1-2-15-10(14)6-3-7-8(9(13)12-6)5(11)4-16-7/h3-4H,2H2,1H3,(H,12,13). The van der Waals surface area contributed by atoms with E-state index in [-0.39, 0.29) is 17.9 Å². The predicted molar refractivity (Wildman–Crippen MR) is 63.4 cm³/mol. The van der Waals surface area contributed by atoms with Crippen LogP contribution in [0.5, 0.6) is 0 Å². The van der Waals surface area contributed by atoms with Crippen LogP contribution in [0.2, 0.25) is 5.02 Å². The molecule has 6 heteroatoms. The second kappa shape index (κ2) is 4.27. The summed E-state index contributed by atoms with van der Waals surface area (Å²) in [4.78, 5) is 25.5. The maximum Gasteiger partial charge on any atom is 0.354 e. The van der Waals surface area contributed by atoms with Crippen molar-refractivity contribution >= 4 is 39.0 Å². The van der Waals surface area contributed by atoms with E-state index in [0.717, 1.165) is 0 Å². The van der Waals surface area contributed by atoms with Crippen LogP contribution in [0.3, 0.4) is 0 Å². The van der Waals surface area contributed by atoms with Gasteiger partial charge in [-0.15, -0.1) is 11.3 Å². The average Bonchev–Trinajstić information content (AvgIpc) is 2.61. The lowest BCUT2D eigenvalue weighted by atomic mass is 10.3. The topological polar surface area (TPSA) is 59.2 Å². The van der Waals surface area contributed by atoms with Gasteiger partial charge in [-0.25, -0.2) is 4.79 Å². The summed E-state index contributed by atoms with van der Waals surface area (Å²) >= 11 is 7.16. The van der Waals surface area contributed by atoms with Crippen molar-refractivity contribution in [3.8, 4) is 0 Å². The Morgan fingerprint density at radius 1 is 1.62 bits per heavy atom. The summed E-state index contributed by atoms with van der Waals surface area (Å²) in [5, 5.41) is 2.48. The Hall–Kier alpha value is -1.33. The number of esters is 1. The molecule has 4 nitrogen and oxygen atoms in total. The number of carbonyl (C=O) groups is 1. The first-order chi connectivity index (χ1) is 7.63. The van der Waals surface area contributed by atoms with Crippen molar-refractivity contribution in [3.63, 3.8) is 0 Å². The van der Waals surface area contributed by atoms with E-state index in [1.165, 1.54) is 11.3 Å². The number of aromatic amines is 1. The van der Waals surface area contributed by atoms with E-state index in [2.05, 4.69) is 4.98 Å². The van der Waals surface area contributed by atoms with Crippen LogP contribution in [-0.2, 0) is 4.74 Å². The summed E-state index contributed by atoms with van der Waals surface area (Å²) in [6, 6.07) is 1.57. The lowest BCUT2D eigenvalue weighted by Gasteiger charge is -2.01. The van der Waals surface area contributed by atoms with Gasteiger partial charge in [0.25, 0.3) is 5.56 Å². The number of aromatic nitrogens is 1. The summed E-state index contributed by atoms with van der Waals surface area (Å²) in [6.45, 7) is 1.97. The number of hydrogen-bond donors (Lipinski definition) is 1. The molecular weight excluding hydrogens is 250 g/mol. The zero-order chi connectivity index (χ0) is 11.7. The van der Waals surface area contributed by atoms with Gasteiger partial charge in [-0.3, -0.25) is 4.79 Å². The zero-order valence-electron chi connectivity index (χ0n) is 8.37. The fraction of sp³-hybridized carbons (Fsp3) is 0.200. The summed E-state index contributed by atoms with van der Waals surface area (Å²) in [5.74, 6) is -0.536. The maximum absolute atomic E-state index is 11.6. The Morgan fingerprint density at radius 3 is 3.06 bits per heavy atom. The molecule has 2 heterocycles. The molecule has 0 fully saturated rings. The van der Waals surface area contributed by atoms with E-state index in [1.807, 2.05) is 0 Å². The molecule has 0 aliphatic heterocycles. The molecule has 1 N–H and O–H groups in total. The average molecular weight is 258 g/mol. The van der Waals surface area contributed by atoms with Crippen LogP contribution in [0, 0.1) is 0 Å². The highest BCUT2D eigenvalue weighted by atomic mass is 35.5. The van der Waals surface area contributed by atoms with Gasteiger partial charge in [0, 0.05) is 10.1 Å². The van der Waals surface area contributed by atoms with Crippen molar-refractivity contribution in [3.05, 3.63) is 32.5 Å². The highest BCUT2D eigenvalue weighted by Gasteiger charge is 2.13. The Balaban J connectivity index is 2.59. The molecule has 0 bridgehead atoms. The normalized spacial score (nSPS) is 10.6. The Kier molecular flexibility index (Phi) is 2.98. The molecule has 0 aliphatic carbocycles. The minimum absolute atomic E-state index is 0.151. The number of halogens is 1. The van der Waals surface area contributed by atoms with E-state index in [0.29, 0.717) is 15.1 Å². The molecule has 2 aromatic heterocycles. The third-order valence-corrected chi connectivity index (χ3v) is 3.38. The second-order valence-corrected chi connectivity index (χ2v) is 4.37. The Morgan fingerprint density at radius 2 is 2.38 bits per heavy atom. The number of rotatable bonds is 2. The van der Waals surface area contributed by atoms with Gasteiger partial charge in [-0.1, -0.05) is 11.6 Å². The van der Waals surface area contributed by atoms with Crippen LogP contribution < -0.4 is 5.56 Å². The molecule has 0 saturated carbocycles. The first-order valence-corrected chi connectivity index (χ1v) is 5.86. The number of ether oxygens (including phenoxy) is 1. The molecule has 0 saturated heterocycles. The molecule has 16 heavy (non-hydrogen) atoms. The quantitative estimate of drug-likeness (QED) is 0.841. The number of thiophene rings is 1. The van der Waals surface area contributed by atoms with Gasteiger partial charge in [-0.2, -0.15) is 0 Å². The molecule has 0 aromatic carbocycles. The molecule has 0 spiro atoms. The molecule has 0 atom stereocenters. The van der Waals surface area contributed by atoms with Gasteiger partial charge >= 0.3 is 5.97 Å². The summed E-state index contributed by atoms with van der Waals surface area (Å²) in [6.07, 6.45) is 0. The van der Waals surface area contributed by atoms with Gasteiger partial charge in [0.15, 0.2) is 0 Å². The van der Waals surface area contributed by atoms with Crippen LogP contribution in [0.1, 0.15) is 17.4 Å². The largest absolute Gasteiger partial charge is 0.461 e. The van der Waals surface area contributed by atoms with Gasteiger partial charge in [0.2, 0.25) is 0 Å². The molecule has 0 unspecified atom stereocenters. The van der Waals surface area contributed by atoms with Crippen molar-refractivity contribution in [2.45, 2.75) is 6.92 Å². The molecule has 0 aliphatic rings. The van der Waals surface area contributed by atoms with Crippen LogP contribution in [0.4, 0.5) is 0 Å². The first kappa shape index (κ1) is 11.2. The summed E-state index contributed by atoms with van der Waals surface area (Å²) in [7, 11) is 0. The van der Waals surface area contributed by atoms with Crippen LogP contribution in [0.25, 0.3) is 10.1 Å². The summed E-state index contributed by atoms with van der Waals surface area (Å²) in [5.41, 5.74) is -0.218. The molecule has 0 amide bonds. The predicted octanol–water partition coefficient (Wildman–Crippen LogP) is 2.42. The molecule has 84 valence electrons. The maximum atomic E-state index is 11.6. The number of fused-ring (bicyclic) bond motifs is 1. The minimum atomic E-state index is -0.536. The Bertz CT molecular complexity index is 602. The van der Waals surface area contributed by atoms with E-state index in [4.69, 9.17) is 16.3 Å². The fourth-order valence-electron chi connectivity index (χ4n) is 1.35. The van der Waals surface area contributed by atoms with Crippen molar-refractivity contribution in [2.24, 2.45) is 0 Å². The third kappa shape index (κ3) is 1.83. The molecule has 2 rings (SSSR count). The van der Waals surface area contributed by atoms with E-state index in [9.17, 15) is 9.59 Å². The van der Waals surface area contributed by atoms with Gasteiger partial charge < -0.3 is 9.72 Å². The first-order valence-electron chi connectivity index (χ1n) is 4.60. The van der Waals surface area contributed by atoms with Gasteiger partial charge in [0.05, 0.1) is 17.0 Å². The molecular formula is C10H8ClNO3S. The van der Waals surface area contributed by atoms with Crippen LogP contribution in [-0.4, -0.2) is 17.6 Å². The SMILES string of the molecule is CCOC(=O)c1cc2scc(Cl)c2c(=O)[nH]1. The zero-order valence-corrected chi connectivity index (χ0v) is 9.95. The highest BCUT2D eigenvalue weighted by Crippen LogP contribution is 2.27. The van der Waals surface area contributed by atoms with E-state index in [1.54, 1.807) is 18.4 Å². The number of H-pyrrole nitrogens is 1. The smallest absolute Gasteiger partial charge is 0.354 e. The molecule has 0 radical (unpaired) electrons. The van der Waals surface area contributed by atoms with Crippen molar-refractivity contribution < 1.29 is 9.53 Å². The third-order valence-electron chi connectivity index (χ3n) is 2.02. The summed E-state index contributed by atoms with van der Waals surface area (Å²) < 4.78 is 5.48. The van der Waals surface area contributed by atoms with E-state index < -0.39 is 5.97 Å².